The van der Waals surface area contributed by atoms with Gasteiger partial charge in [0.05, 0.1) is 6.26 Å². The molecule has 0 amide bonds. The van der Waals surface area contributed by atoms with Gasteiger partial charge in [0.25, 0.3) is 5.78 Å². The Labute approximate surface area is 93.9 Å². The standard InChI is InChI=1S/C8H5ClN6O/c9-6-12-7(10)15-8(13-6)11-5(14-15)4-2-1-3-16-4/h1-3H,(H2,10,11,12,13,14). The number of nitrogens with zero attached hydrogens (tertiary/aromatic N) is 5. The van der Waals surface area contributed by atoms with Gasteiger partial charge in [0.15, 0.2) is 5.76 Å². The van der Waals surface area contributed by atoms with Crippen LogP contribution in [0.15, 0.2) is 22.8 Å². The van der Waals surface area contributed by atoms with E-state index in [0.717, 1.165) is 0 Å². The average molecular weight is 237 g/mol. The predicted octanol–water partition coefficient (Wildman–Crippen LogP) is 1.01. The van der Waals surface area contributed by atoms with Crippen LogP contribution in [0, 0.1) is 0 Å². The van der Waals surface area contributed by atoms with Crippen LogP contribution in [-0.4, -0.2) is 24.6 Å². The summed E-state index contributed by atoms with van der Waals surface area (Å²) in [6.45, 7) is 0. The lowest BCUT2D eigenvalue weighted by atomic mass is 10.4. The summed E-state index contributed by atoms with van der Waals surface area (Å²) in [6.07, 6.45) is 1.53. The summed E-state index contributed by atoms with van der Waals surface area (Å²) in [5, 5.41) is 4.13. The van der Waals surface area contributed by atoms with E-state index in [0.29, 0.717) is 11.6 Å². The fraction of sp³-hybridized carbons (Fsp3) is 0. The molecule has 0 fully saturated rings. The van der Waals surface area contributed by atoms with Crippen molar-refractivity contribution < 1.29 is 4.42 Å². The van der Waals surface area contributed by atoms with Gasteiger partial charge in [-0.3, -0.25) is 0 Å². The van der Waals surface area contributed by atoms with Crippen LogP contribution in [0.5, 0.6) is 0 Å². The minimum Gasteiger partial charge on any atom is -0.461 e. The largest absolute Gasteiger partial charge is 0.461 e. The zero-order chi connectivity index (χ0) is 11.1. The van der Waals surface area contributed by atoms with Gasteiger partial charge >= 0.3 is 0 Å². The maximum atomic E-state index is 5.65. The molecule has 16 heavy (non-hydrogen) atoms. The number of nitrogens with two attached hydrogens (primary N) is 1. The van der Waals surface area contributed by atoms with Gasteiger partial charge in [-0.25, -0.2) is 0 Å². The molecule has 0 saturated carbocycles. The van der Waals surface area contributed by atoms with E-state index in [1.54, 1.807) is 12.1 Å². The van der Waals surface area contributed by atoms with Crippen LogP contribution < -0.4 is 5.73 Å². The quantitative estimate of drug-likeness (QED) is 0.678. The summed E-state index contributed by atoms with van der Waals surface area (Å²) in [5.41, 5.74) is 5.62. The first-order chi connectivity index (χ1) is 7.74. The normalized spacial score (nSPS) is 11.1. The van der Waals surface area contributed by atoms with E-state index in [-0.39, 0.29) is 17.0 Å². The molecule has 0 radical (unpaired) electrons. The number of rotatable bonds is 1. The summed E-state index contributed by atoms with van der Waals surface area (Å²) >= 11 is 5.65. The maximum Gasteiger partial charge on any atom is 0.258 e. The smallest absolute Gasteiger partial charge is 0.258 e. The molecule has 0 saturated heterocycles. The van der Waals surface area contributed by atoms with E-state index in [9.17, 15) is 0 Å². The van der Waals surface area contributed by atoms with E-state index in [1.165, 1.54) is 10.8 Å². The topological polar surface area (TPSA) is 95.1 Å². The lowest BCUT2D eigenvalue weighted by Crippen LogP contribution is -2.03. The molecule has 3 heterocycles. The second-order valence-corrected chi connectivity index (χ2v) is 3.31. The Morgan fingerprint density at radius 3 is 2.94 bits per heavy atom. The van der Waals surface area contributed by atoms with Crippen LogP contribution in [0.2, 0.25) is 5.28 Å². The highest BCUT2D eigenvalue weighted by molar-refractivity contribution is 6.28. The summed E-state index contributed by atoms with van der Waals surface area (Å²) in [6, 6.07) is 3.48. The molecule has 80 valence electrons. The van der Waals surface area contributed by atoms with Crippen molar-refractivity contribution in [1.29, 1.82) is 0 Å². The van der Waals surface area contributed by atoms with Crippen LogP contribution in [0.25, 0.3) is 17.4 Å². The van der Waals surface area contributed by atoms with Gasteiger partial charge in [0, 0.05) is 0 Å². The zero-order valence-electron chi connectivity index (χ0n) is 7.83. The highest BCUT2D eigenvalue weighted by Gasteiger charge is 2.12. The molecule has 3 aromatic rings. The van der Waals surface area contributed by atoms with Gasteiger partial charge < -0.3 is 10.2 Å². The van der Waals surface area contributed by atoms with Crippen molar-refractivity contribution in [3.63, 3.8) is 0 Å². The highest BCUT2D eigenvalue weighted by Crippen LogP contribution is 2.17. The van der Waals surface area contributed by atoms with E-state index in [1.807, 2.05) is 0 Å². The molecule has 7 nitrogen and oxygen atoms in total. The van der Waals surface area contributed by atoms with Crippen molar-refractivity contribution in [2.24, 2.45) is 0 Å². The second kappa shape index (κ2) is 3.17. The predicted molar refractivity (Wildman–Crippen MR) is 55.7 cm³/mol. The van der Waals surface area contributed by atoms with E-state index < -0.39 is 0 Å². The first kappa shape index (κ1) is 9.10. The number of hydrogen-bond acceptors (Lipinski definition) is 6. The van der Waals surface area contributed by atoms with E-state index >= 15 is 0 Å². The Balaban J connectivity index is 2.27. The number of anilines is 1. The second-order valence-electron chi connectivity index (χ2n) is 2.98. The molecule has 0 aliphatic carbocycles. The third-order valence-corrected chi connectivity index (χ3v) is 2.12. The lowest BCUT2D eigenvalue weighted by Gasteiger charge is -1.94. The van der Waals surface area contributed by atoms with Crippen LogP contribution in [0.3, 0.4) is 0 Å². The SMILES string of the molecule is Nc1nc(Cl)nc2nc(-c3ccco3)nn12. The van der Waals surface area contributed by atoms with Crippen LogP contribution >= 0.6 is 11.6 Å². The average Bonchev–Trinajstić information content (AvgIpc) is 2.82. The summed E-state index contributed by atoms with van der Waals surface area (Å²) in [4.78, 5) is 11.8. The van der Waals surface area contributed by atoms with Gasteiger partial charge in [-0.05, 0) is 23.7 Å². The van der Waals surface area contributed by atoms with Crippen LogP contribution in [0.4, 0.5) is 5.95 Å². The van der Waals surface area contributed by atoms with Crippen LogP contribution in [-0.2, 0) is 0 Å². The molecule has 0 aliphatic heterocycles. The first-order valence-electron chi connectivity index (χ1n) is 4.34. The fourth-order valence-corrected chi connectivity index (χ4v) is 1.45. The Kier molecular flexibility index (Phi) is 1.80. The summed E-state index contributed by atoms with van der Waals surface area (Å²) in [5.74, 6) is 1.32. The number of aromatic nitrogens is 5. The first-order valence-corrected chi connectivity index (χ1v) is 4.71. The lowest BCUT2D eigenvalue weighted by molar-refractivity contribution is 0.577. The van der Waals surface area contributed by atoms with Crippen molar-refractivity contribution in [3.8, 4) is 11.6 Å². The molecular weight excluding hydrogens is 232 g/mol. The number of halogens is 1. The molecule has 0 aromatic carbocycles. The number of furan rings is 1. The monoisotopic (exact) mass is 236 g/mol. The van der Waals surface area contributed by atoms with Gasteiger partial charge in [-0.2, -0.15) is 19.5 Å². The molecule has 0 unspecified atom stereocenters. The third-order valence-electron chi connectivity index (χ3n) is 1.95. The highest BCUT2D eigenvalue weighted by atomic mass is 35.5. The Morgan fingerprint density at radius 2 is 2.19 bits per heavy atom. The number of nitrogen functional groups attached to an aromatic ring is 1. The van der Waals surface area contributed by atoms with Gasteiger partial charge in [0.1, 0.15) is 0 Å². The van der Waals surface area contributed by atoms with Gasteiger partial charge in [-0.1, -0.05) is 0 Å². The van der Waals surface area contributed by atoms with Crippen molar-refractivity contribution >= 4 is 23.3 Å². The van der Waals surface area contributed by atoms with Crippen molar-refractivity contribution in [1.82, 2.24) is 24.6 Å². The molecule has 0 aliphatic rings. The molecule has 0 bridgehead atoms. The van der Waals surface area contributed by atoms with E-state index in [4.69, 9.17) is 21.8 Å². The molecule has 2 N–H and O–H groups in total. The van der Waals surface area contributed by atoms with Gasteiger partial charge in [0.2, 0.25) is 17.1 Å². The van der Waals surface area contributed by atoms with E-state index in [2.05, 4.69) is 20.1 Å². The Hall–Kier alpha value is -2.15. The van der Waals surface area contributed by atoms with Crippen molar-refractivity contribution in [3.05, 3.63) is 23.7 Å². The fourth-order valence-electron chi connectivity index (χ4n) is 1.29. The number of fused-ring (bicyclic) bond motifs is 1. The molecular formula is C8H5ClN6O. The zero-order valence-corrected chi connectivity index (χ0v) is 8.59. The molecule has 3 rings (SSSR count). The van der Waals surface area contributed by atoms with Crippen molar-refractivity contribution in [2.75, 3.05) is 5.73 Å². The summed E-state index contributed by atoms with van der Waals surface area (Å²) < 4.78 is 6.45. The molecule has 8 heteroatoms. The van der Waals surface area contributed by atoms with Gasteiger partial charge in [-0.15, -0.1) is 5.10 Å². The third kappa shape index (κ3) is 1.29. The minimum atomic E-state index is 0.0309. The Morgan fingerprint density at radius 1 is 1.31 bits per heavy atom. The minimum absolute atomic E-state index is 0.0309. The molecule has 0 spiro atoms. The maximum absolute atomic E-state index is 5.65. The molecule has 3 aromatic heterocycles. The summed E-state index contributed by atoms with van der Waals surface area (Å²) in [7, 11) is 0. The number of hydrogen-bond donors (Lipinski definition) is 1. The Bertz CT molecular complexity index is 646. The van der Waals surface area contributed by atoms with Crippen molar-refractivity contribution in [2.45, 2.75) is 0 Å². The molecule has 0 atom stereocenters. The van der Waals surface area contributed by atoms with Crippen LogP contribution in [0.1, 0.15) is 0 Å².